The molecule has 0 spiro atoms. The Hall–Kier alpha value is -3.05. The average Bonchev–Trinajstić information content (AvgIpc) is 3.35. The Kier molecular flexibility index (Phi) is 3.76. The minimum Gasteiger partial charge on any atom is -0.382 e. The molecule has 0 saturated carbocycles. The second kappa shape index (κ2) is 6.22. The molecule has 11 heteroatoms. The number of hydrogen-bond acceptors (Lipinski definition) is 9. The summed E-state index contributed by atoms with van der Waals surface area (Å²) < 4.78 is 10.2. The van der Waals surface area contributed by atoms with Crippen LogP contribution in [0.4, 0.5) is 4.79 Å². The Balaban J connectivity index is 1.40. The lowest BCUT2D eigenvalue weighted by Gasteiger charge is -1.99. The first-order chi connectivity index (χ1) is 11.8. The third-order valence-corrected chi connectivity index (χ3v) is 4.57. The summed E-state index contributed by atoms with van der Waals surface area (Å²) in [4.78, 5) is 20.1. The molecule has 0 aliphatic rings. The van der Waals surface area contributed by atoms with Crippen LogP contribution >= 0.6 is 22.7 Å². The summed E-state index contributed by atoms with van der Waals surface area (Å²) in [6.45, 7) is 0. The quantitative estimate of drug-likeness (QED) is 0.537. The fourth-order valence-electron chi connectivity index (χ4n) is 1.79. The van der Waals surface area contributed by atoms with Crippen LogP contribution in [-0.2, 0) is 0 Å². The number of ether oxygens (including phenoxy) is 2. The summed E-state index contributed by atoms with van der Waals surface area (Å²) in [5.41, 5.74) is 1.35. The zero-order chi connectivity index (χ0) is 16.4. The normalized spacial score (nSPS) is 10.7. The van der Waals surface area contributed by atoms with E-state index in [1.165, 1.54) is 35.1 Å². The molecule has 24 heavy (non-hydrogen) atoms. The molecular formula is C13H8N6O3S2. The van der Waals surface area contributed by atoms with Crippen LogP contribution < -0.4 is 9.47 Å². The Morgan fingerprint density at radius 3 is 1.79 bits per heavy atom. The predicted octanol–water partition coefficient (Wildman–Crippen LogP) is 2.96. The van der Waals surface area contributed by atoms with Crippen molar-refractivity contribution < 1.29 is 14.3 Å². The second-order valence-electron chi connectivity index (χ2n) is 4.34. The minimum absolute atomic E-state index is 0.315. The van der Waals surface area contributed by atoms with Crippen LogP contribution in [0, 0.1) is 0 Å². The molecule has 0 fully saturated rings. The number of aromatic nitrogens is 6. The number of rotatable bonds is 4. The van der Waals surface area contributed by atoms with Crippen LogP contribution in [0.15, 0.2) is 36.9 Å². The van der Waals surface area contributed by atoms with Crippen molar-refractivity contribution in [1.82, 2.24) is 30.4 Å². The SMILES string of the molecule is O=C(Oc1cnc(-c2cc[nH]n2)s1)Oc1cnc(-c2cc[nH]n2)s1. The number of nitrogens with one attached hydrogen (secondary N) is 2. The molecule has 0 amide bonds. The lowest BCUT2D eigenvalue weighted by molar-refractivity contribution is 0.154. The first-order valence-corrected chi connectivity index (χ1v) is 8.23. The van der Waals surface area contributed by atoms with Gasteiger partial charge in [-0.25, -0.2) is 14.8 Å². The van der Waals surface area contributed by atoms with Gasteiger partial charge in [0.2, 0.25) is 10.1 Å². The largest absolute Gasteiger partial charge is 0.521 e. The van der Waals surface area contributed by atoms with Crippen molar-refractivity contribution in [3.05, 3.63) is 36.9 Å². The lowest BCUT2D eigenvalue weighted by atomic mass is 10.5. The van der Waals surface area contributed by atoms with Crippen LogP contribution in [0.25, 0.3) is 21.4 Å². The third-order valence-electron chi connectivity index (χ3n) is 2.78. The zero-order valence-corrected chi connectivity index (χ0v) is 13.4. The molecule has 4 heterocycles. The number of thiazole rings is 2. The summed E-state index contributed by atoms with van der Waals surface area (Å²) in [5, 5.41) is 15.3. The fourth-order valence-corrected chi connectivity index (χ4v) is 3.25. The maximum atomic E-state index is 11.8. The van der Waals surface area contributed by atoms with Gasteiger partial charge in [-0.2, -0.15) is 10.2 Å². The molecule has 0 radical (unpaired) electrons. The van der Waals surface area contributed by atoms with Crippen molar-refractivity contribution in [3.8, 4) is 31.5 Å². The fraction of sp³-hybridized carbons (Fsp3) is 0. The highest BCUT2D eigenvalue weighted by Gasteiger charge is 2.15. The molecular weight excluding hydrogens is 352 g/mol. The Morgan fingerprint density at radius 2 is 1.38 bits per heavy atom. The van der Waals surface area contributed by atoms with Crippen LogP contribution in [0.1, 0.15) is 0 Å². The van der Waals surface area contributed by atoms with E-state index in [1.54, 1.807) is 24.5 Å². The minimum atomic E-state index is -0.857. The van der Waals surface area contributed by atoms with E-state index in [-0.39, 0.29) is 0 Å². The molecule has 4 aromatic heterocycles. The Morgan fingerprint density at radius 1 is 0.875 bits per heavy atom. The first kappa shape index (κ1) is 14.5. The van der Waals surface area contributed by atoms with Crippen molar-refractivity contribution in [1.29, 1.82) is 0 Å². The van der Waals surface area contributed by atoms with Gasteiger partial charge in [-0.15, -0.1) is 0 Å². The van der Waals surface area contributed by atoms with Crippen LogP contribution in [0.2, 0.25) is 0 Å². The van der Waals surface area contributed by atoms with E-state index in [0.717, 1.165) is 0 Å². The van der Waals surface area contributed by atoms with Crippen LogP contribution in [-0.4, -0.2) is 36.5 Å². The van der Waals surface area contributed by atoms with Gasteiger partial charge < -0.3 is 9.47 Å². The van der Waals surface area contributed by atoms with Crippen molar-refractivity contribution in [2.45, 2.75) is 0 Å². The van der Waals surface area contributed by atoms with Gasteiger partial charge in [0.05, 0.1) is 12.4 Å². The summed E-state index contributed by atoms with van der Waals surface area (Å²) in [6.07, 6.45) is 5.40. The summed E-state index contributed by atoms with van der Waals surface area (Å²) in [5.74, 6) is 0. The van der Waals surface area contributed by atoms with E-state index in [2.05, 4.69) is 30.4 Å². The Labute approximate surface area is 142 Å². The van der Waals surface area contributed by atoms with Crippen molar-refractivity contribution >= 4 is 28.8 Å². The maximum Gasteiger partial charge on any atom is 0.521 e. The van der Waals surface area contributed by atoms with Crippen molar-refractivity contribution in [3.63, 3.8) is 0 Å². The third kappa shape index (κ3) is 3.02. The van der Waals surface area contributed by atoms with E-state index in [0.29, 0.717) is 31.5 Å². The summed E-state index contributed by atoms with van der Waals surface area (Å²) >= 11 is 2.38. The molecule has 0 aromatic carbocycles. The van der Waals surface area contributed by atoms with Gasteiger partial charge in [-0.1, -0.05) is 22.7 Å². The van der Waals surface area contributed by atoms with Gasteiger partial charge in [-0.3, -0.25) is 10.2 Å². The van der Waals surface area contributed by atoms with E-state index in [4.69, 9.17) is 9.47 Å². The maximum absolute atomic E-state index is 11.8. The monoisotopic (exact) mass is 360 g/mol. The number of nitrogens with zero attached hydrogens (tertiary/aromatic N) is 4. The first-order valence-electron chi connectivity index (χ1n) is 6.59. The highest BCUT2D eigenvalue weighted by molar-refractivity contribution is 7.17. The van der Waals surface area contributed by atoms with E-state index < -0.39 is 6.16 Å². The van der Waals surface area contributed by atoms with Gasteiger partial charge in [0, 0.05) is 12.4 Å². The molecule has 0 aliphatic carbocycles. The zero-order valence-electron chi connectivity index (χ0n) is 11.8. The van der Waals surface area contributed by atoms with E-state index >= 15 is 0 Å². The molecule has 0 atom stereocenters. The topological polar surface area (TPSA) is 119 Å². The molecule has 0 unspecified atom stereocenters. The number of H-pyrrole nitrogens is 2. The highest BCUT2D eigenvalue weighted by atomic mass is 32.1. The second-order valence-corrected chi connectivity index (χ2v) is 6.33. The number of carbonyl (C=O) groups is 1. The average molecular weight is 360 g/mol. The highest BCUT2D eigenvalue weighted by Crippen LogP contribution is 2.31. The van der Waals surface area contributed by atoms with E-state index in [9.17, 15) is 4.79 Å². The standard InChI is InChI=1S/C13H8N6O3S2/c20-13(21-9-5-14-11(23-9)7-1-3-16-18-7)22-10-6-15-12(24-10)8-2-4-17-19-8/h1-6H,(H,16,18)(H,17,19). The molecule has 4 aromatic rings. The number of hydrogen-bond donors (Lipinski definition) is 2. The predicted molar refractivity (Wildman–Crippen MR) is 86.0 cm³/mol. The summed E-state index contributed by atoms with van der Waals surface area (Å²) in [6, 6.07) is 3.55. The molecule has 2 N–H and O–H groups in total. The smallest absolute Gasteiger partial charge is 0.382 e. The molecule has 0 aliphatic heterocycles. The van der Waals surface area contributed by atoms with Gasteiger partial charge >= 0.3 is 6.16 Å². The van der Waals surface area contributed by atoms with Gasteiger partial charge in [0.15, 0.2) is 0 Å². The lowest BCUT2D eigenvalue weighted by Crippen LogP contribution is -2.12. The van der Waals surface area contributed by atoms with Crippen molar-refractivity contribution in [2.75, 3.05) is 0 Å². The van der Waals surface area contributed by atoms with E-state index in [1.807, 2.05) is 0 Å². The Bertz CT molecular complexity index is 868. The summed E-state index contributed by atoms with van der Waals surface area (Å²) in [7, 11) is 0. The van der Waals surface area contributed by atoms with Gasteiger partial charge in [-0.05, 0) is 12.1 Å². The van der Waals surface area contributed by atoms with Gasteiger partial charge in [0.25, 0.3) is 0 Å². The molecule has 0 saturated heterocycles. The number of carbonyl (C=O) groups excluding carboxylic acids is 1. The number of aromatic amines is 2. The van der Waals surface area contributed by atoms with Crippen molar-refractivity contribution in [2.24, 2.45) is 0 Å². The molecule has 0 bridgehead atoms. The van der Waals surface area contributed by atoms with Crippen LogP contribution in [0.3, 0.4) is 0 Å². The van der Waals surface area contributed by atoms with Crippen LogP contribution in [0.5, 0.6) is 10.1 Å². The molecule has 120 valence electrons. The molecule has 4 rings (SSSR count). The van der Waals surface area contributed by atoms with Gasteiger partial charge in [0.1, 0.15) is 21.4 Å². The molecule has 9 nitrogen and oxygen atoms in total.